The van der Waals surface area contributed by atoms with E-state index in [1.54, 1.807) is 0 Å². The van der Waals surface area contributed by atoms with Crippen LogP contribution in [0.5, 0.6) is 0 Å². The fraction of sp³-hybridized carbons (Fsp3) is 0.273. The maximum absolute atomic E-state index is 13.3. The number of benzene rings is 1. The van der Waals surface area contributed by atoms with Crippen LogP contribution < -0.4 is 5.73 Å². The molecule has 0 aliphatic rings. The molecule has 0 saturated carbocycles. The highest BCUT2D eigenvalue weighted by molar-refractivity contribution is 5.87. The van der Waals surface area contributed by atoms with E-state index in [4.69, 9.17) is 10.9 Å². The fourth-order valence-electron chi connectivity index (χ4n) is 1.35. The van der Waals surface area contributed by atoms with Crippen LogP contribution >= 0.6 is 0 Å². The number of likely N-dealkylation sites (N-methyl/N-ethyl adjacent to an activating group) is 1. The molecule has 0 fully saturated rings. The molecule has 0 spiro atoms. The van der Waals surface area contributed by atoms with Crippen molar-refractivity contribution in [2.24, 2.45) is 10.9 Å². The molecule has 3 N–H and O–H groups in total. The minimum atomic E-state index is -1.04. The molecule has 98 valence electrons. The van der Waals surface area contributed by atoms with Crippen LogP contribution in [0.25, 0.3) is 0 Å². The van der Waals surface area contributed by atoms with Gasteiger partial charge in [-0.15, -0.1) is 0 Å². The molecular formula is C11H13F2N3O2. The number of carbonyl (C=O) groups is 1. The second kappa shape index (κ2) is 5.95. The van der Waals surface area contributed by atoms with Gasteiger partial charge in [0.2, 0.25) is 5.91 Å². The predicted octanol–water partition coefficient (Wildman–Crippen LogP) is 0.712. The van der Waals surface area contributed by atoms with Crippen LogP contribution in [0.2, 0.25) is 0 Å². The lowest BCUT2D eigenvalue weighted by Gasteiger charge is -2.16. The third kappa shape index (κ3) is 3.41. The summed E-state index contributed by atoms with van der Waals surface area (Å²) in [7, 11) is 1.41. The average Bonchev–Trinajstić information content (AvgIpc) is 2.34. The zero-order chi connectivity index (χ0) is 13.7. The summed E-state index contributed by atoms with van der Waals surface area (Å²) in [5, 5.41) is 11.1. The monoisotopic (exact) mass is 257 g/mol. The van der Waals surface area contributed by atoms with Gasteiger partial charge >= 0.3 is 0 Å². The van der Waals surface area contributed by atoms with Gasteiger partial charge in [0.15, 0.2) is 17.5 Å². The van der Waals surface area contributed by atoms with Crippen molar-refractivity contribution >= 4 is 11.7 Å². The fourth-order valence-corrected chi connectivity index (χ4v) is 1.35. The van der Waals surface area contributed by atoms with Crippen molar-refractivity contribution in [2.75, 3.05) is 13.6 Å². The lowest BCUT2D eigenvalue weighted by atomic mass is 10.1. The van der Waals surface area contributed by atoms with Gasteiger partial charge in [-0.1, -0.05) is 17.3 Å². The van der Waals surface area contributed by atoms with Crippen molar-refractivity contribution in [2.45, 2.75) is 6.42 Å². The van der Waals surface area contributed by atoms with Gasteiger partial charge in [-0.2, -0.15) is 0 Å². The molecule has 1 aromatic rings. The Bertz CT molecular complexity index is 477. The van der Waals surface area contributed by atoms with Crippen LogP contribution in [0.1, 0.15) is 5.56 Å². The second-order valence-electron chi connectivity index (χ2n) is 3.73. The van der Waals surface area contributed by atoms with Crippen LogP contribution in [-0.4, -0.2) is 35.4 Å². The molecule has 0 bridgehead atoms. The van der Waals surface area contributed by atoms with Gasteiger partial charge in [0, 0.05) is 12.6 Å². The van der Waals surface area contributed by atoms with Crippen LogP contribution in [0.4, 0.5) is 8.78 Å². The first-order chi connectivity index (χ1) is 8.45. The number of nitrogens with zero attached hydrogens (tertiary/aromatic N) is 2. The Morgan fingerprint density at radius 1 is 1.50 bits per heavy atom. The normalized spacial score (nSPS) is 11.4. The second-order valence-corrected chi connectivity index (χ2v) is 3.73. The Labute approximate surface area is 102 Å². The molecule has 0 radical (unpaired) electrons. The van der Waals surface area contributed by atoms with Crippen molar-refractivity contribution in [3.8, 4) is 0 Å². The smallest absolute Gasteiger partial charge is 0.227 e. The molecule has 1 aromatic carbocycles. The molecule has 0 unspecified atom stereocenters. The predicted molar refractivity (Wildman–Crippen MR) is 61.1 cm³/mol. The zero-order valence-electron chi connectivity index (χ0n) is 9.73. The summed E-state index contributed by atoms with van der Waals surface area (Å²) < 4.78 is 26.2. The SMILES string of the molecule is CN(CC(N)=NO)C(=O)Cc1cccc(F)c1F. The van der Waals surface area contributed by atoms with E-state index in [-0.39, 0.29) is 24.4 Å². The Morgan fingerprint density at radius 3 is 2.78 bits per heavy atom. The van der Waals surface area contributed by atoms with Gasteiger partial charge in [0.1, 0.15) is 0 Å². The highest BCUT2D eigenvalue weighted by Crippen LogP contribution is 2.12. The summed E-state index contributed by atoms with van der Waals surface area (Å²) in [6.07, 6.45) is -0.293. The van der Waals surface area contributed by atoms with Gasteiger partial charge < -0.3 is 15.8 Å². The van der Waals surface area contributed by atoms with E-state index in [1.807, 2.05) is 0 Å². The Hall–Kier alpha value is -2.18. The van der Waals surface area contributed by atoms with Crippen LogP contribution in [-0.2, 0) is 11.2 Å². The number of hydrogen-bond acceptors (Lipinski definition) is 3. The molecule has 0 aliphatic heterocycles. The standard InChI is InChI=1S/C11H13F2N3O2/c1-16(6-9(14)15-18)10(17)5-7-3-2-4-8(12)11(7)13/h2-4,18H,5-6H2,1H3,(H2,14,15). The molecule has 0 aromatic heterocycles. The van der Waals surface area contributed by atoms with E-state index >= 15 is 0 Å². The van der Waals surface area contributed by atoms with E-state index in [1.165, 1.54) is 19.2 Å². The topological polar surface area (TPSA) is 78.9 Å². The van der Waals surface area contributed by atoms with Crippen molar-refractivity contribution in [3.63, 3.8) is 0 Å². The third-order valence-electron chi connectivity index (χ3n) is 2.33. The van der Waals surface area contributed by atoms with Crippen LogP contribution in [0, 0.1) is 11.6 Å². The lowest BCUT2D eigenvalue weighted by Crippen LogP contribution is -2.36. The molecule has 1 amide bonds. The van der Waals surface area contributed by atoms with Gasteiger partial charge in [-0.25, -0.2) is 8.78 Å². The van der Waals surface area contributed by atoms with E-state index in [9.17, 15) is 13.6 Å². The van der Waals surface area contributed by atoms with Crippen molar-refractivity contribution in [1.29, 1.82) is 0 Å². The minimum Gasteiger partial charge on any atom is -0.409 e. The van der Waals surface area contributed by atoms with E-state index in [0.29, 0.717) is 0 Å². The van der Waals surface area contributed by atoms with Crippen LogP contribution in [0.3, 0.4) is 0 Å². The lowest BCUT2D eigenvalue weighted by molar-refractivity contribution is -0.128. The zero-order valence-corrected chi connectivity index (χ0v) is 9.73. The number of carbonyl (C=O) groups excluding carboxylic acids is 1. The quantitative estimate of drug-likeness (QED) is 0.361. The summed E-state index contributed by atoms with van der Waals surface area (Å²) in [4.78, 5) is 12.8. The number of amidine groups is 1. The molecule has 1 rings (SSSR count). The molecule has 5 nitrogen and oxygen atoms in total. The molecule has 0 saturated heterocycles. The summed E-state index contributed by atoms with van der Waals surface area (Å²) in [5.74, 6) is -2.65. The van der Waals surface area contributed by atoms with Crippen LogP contribution in [0.15, 0.2) is 23.4 Å². The highest BCUT2D eigenvalue weighted by atomic mass is 19.2. The first kappa shape index (κ1) is 13.9. The Balaban J connectivity index is 2.73. The van der Waals surface area contributed by atoms with Gasteiger partial charge in [-0.3, -0.25) is 4.79 Å². The number of oxime groups is 1. The van der Waals surface area contributed by atoms with E-state index in [0.717, 1.165) is 11.0 Å². The molecule has 0 aliphatic carbocycles. The van der Waals surface area contributed by atoms with E-state index < -0.39 is 17.5 Å². The highest BCUT2D eigenvalue weighted by Gasteiger charge is 2.15. The summed E-state index contributed by atoms with van der Waals surface area (Å²) >= 11 is 0. The summed E-state index contributed by atoms with van der Waals surface area (Å²) in [5.41, 5.74) is 5.20. The number of hydrogen-bond donors (Lipinski definition) is 2. The molecule has 18 heavy (non-hydrogen) atoms. The van der Waals surface area contributed by atoms with Gasteiger partial charge in [0.25, 0.3) is 0 Å². The largest absolute Gasteiger partial charge is 0.409 e. The minimum absolute atomic E-state index is 0.0358. The first-order valence-corrected chi connectivity index (χ1v) is 5.09. The number of nitrogens with two attached hydrogens (primary N) is 1. The van der Waals surface area contributed by atoms with Gasteiger partial charge in [0.05, 0.1) is 13.0 Å². The molecule has 0 atom stereocenters. The van der Waals surface area contributed by atoms with E-state index in [2.05, 4.69) is 5.16 Å². The molecular weight excluding hydrogens is 244 g/mol. The molecule has 0 heterocycles. The Morgan fingerprint density at radius 2 is 2.17 bits per heavy atom. The first-order valence-electron chi connectivity index (χ1n) is 5.09. The van der Waals surface area contributed by atoms with Crippen molar-refractivity contribution in [3.05, 3.63) is 35.4 Å². The van der Waals surface area contributed by atoms with Gasteiger partial charge in [-0.05, 0) is 6.07 Å². The molecule has 7 heteroatoms. The number of rotatable bonds is 4. The van der Waals surface area contributed by atoms with Crippen molar-refractivity contribution < 1.29 is 18.8 Å². The Kier molecular flexibility index (Phi) is 4.59. The third-order valence-corrected chi connectivity index (χ3v) is 2.33. The van der Waals surface area contributed by atoms with Crippen molar-refractivity contribution in [1.82, 2.24) is 4.90 Å². The summed E-state index contributed by atoms with van der Waals surface area (Å²) in [6, 6.07) is 3.63. The average molecular weight is 257 g/mol. The maximum atomic E-state index is 13.3. The summed E-state index contributed by atoms with van der Waals surface area (Å²) in [6.45, 7) is -0.0910. The number of halogens is 2. The number of amides is 1. The maximum Gasteiger partial charge on any atom is 0.227 e.